The molecule has 0 aromatic heterocycles. The summed E-state index contributed by atoms with van der Waals surface area (Å²) in [6.07, 6.45) is 45.2. The van der Waals surface area contributed by atoms with Crippen LogP contribution in [0.3, 0.4) is 0 Å². The molecule has 0 aliphatic rings. The van der Waals surface area contributed by atoms with E-state index in [9.17, 15) is 0 Å². The van der Waals surface area contributed by atoms with Crippen LogP contribution in [-0.4, -0.2) is 0 Å². The Balaban J connectivity index is 3.54. The van der Waals surface area contributed by atoms with Gasteiger partial charge < -0.3 is 0 Å². The van der Waals surface area contributed by atoms with Crippen molar-refractivity contribution in [2.45, 2.75) is 71.6 Å². The fourth-order valence-corrected chi connectivity index (χ4v) is 2.23. The summed E-state index contributed by atoms with van der Waals surface area (Å²) >= 11 is 0. The minimum absolute atomic E-state index is 1.02. The Hall–Kier alpha value is -2.08. The van der Waals surface area contributed by atoms with Gasteiger partial charge in [0.2, 0.25) is 0 Å². The van der Waals surface area contributed by atoms with Crippen LogP contribution in [0.4, 0.5) is 0 Å². The van der Waals surface area contributed by atoms with Gasteiger partial charge >= 0.3 is 0 Å². The molecule has 0 nitrogen and oxygen atoms in total. The largest absolute Gasteiger partial charge is 0.0885 e. The molecule has 0 aromatic carbocycles. The number of hydrogen-bond donors (Lipinski definition) is 0. The zero-order valence-corrected chi connectivity index (χ0v) is 17.6. The second-order valence-corrected chi connectivity index (χ2v) is 6.24. The number of allylic oxidation sites excluding steroid dienone is 16. The van der Waals surface area contributed by atoms with Crippen LogP contribution in [0, 0.1) is 0 Å². The Kier molecular flexibility index (Phi) is 22.1. The molecular weight excluding hydrogens is 324 g/mol. The van der Waals surface area contributed by atoms with Crippen LogP contribution in [-0.2, 0) is 0 Å². The number of rotatable bonds is 16. The highest BCUT2D eigenvalue weighted by molar-refractivity contribution is 5.02. The minimum Gasteiger partial charge on any atom is -0.0885 e. The third-order valence-corrected chi connectivity index (χ3v) is 3.71. The molecule has 0 rings (SSSR count). The maximum Gasteiger partial charge on any atom is -0.0169 e. The summed E-state index contributed by atoms with van der Waals surface area (Å²) in [5.74, 6) is 0. The van der Waals surface area contributed by atoms with Crippen molar-refractivity contribution < 1.29 is 0 Å². The zero-order valence-electron chi connectivity index (χ0n) is 17.6. The van der Waals surface area contributed by atoms with E-state index in [0.29, 0.717) is 0 Å². The molecule has 0 aliphatic heterocycles. The summed E-state index contributed by atoms with van der Waals surface area (Å²) in [5, 5.41) is 0. The molecule has 0 heteroatoms. The first kappa shape index (κ1) is 24.9. The SMILES string of the molecule is CCC=CCC=CCC=CCC=CCC=CCC=CCC=CCC=CCC. The van der Waals surface area contributed by atoms with Gasteiger partial charge in [-0.1, -0.05) is 111 Å². The van der Waals surface area contributed by atoms with Crippen molar-refractivity contribution in [2.75, 3.05) is 0 Å². The van der Waals surface area contributed by atoms with E-state index in [0.717, 1.165) is 57.8 Å². The molecule has 0 saturated carbocycles. The van der Waals surface area contributed by atoms with Crippen LogP contribution in [0.25, 0.3) is 0 Å². The molecule has 0 fully saturated rings. The molecule has 0 saturated heterocycles. The smallest absolute Gasteiger partial charge is 0.0169 e. The highest BCUT2D eigenvalue weighted by Crippen LogP contribution is 1.97. The van der Waals surface area contributed by atoms with Gasteiger partial charge in [-0.15, -0.1) is 0 Å². The van der Waals surface area contributed by atoms with Crippen molar-refractivity contribution in [1.29, 1.82) is 0 Å². The Morgan fingerprint density at radius 2 is 0.407 bits per heavy atom. The van der Waals surface area contributed by atoms with E-state index in [1.54, 1.807) is 0 Å². The van der Waals surface area contributed by atoms with Gasteiger partial charge in [-0.05, 0) is 57.8 Å². The summed E-state index contributed by atoms with van der Waals surface area (Å²) in [4.78, 5) is 0. The van der Waals surface area contributed by atoms with Gasteiger partial charge in [0.15, 0.2) is 0 Å². The molecular formula is C27H40. The molecule has 0 spiro atoms. The average molecular weight is 365 g/mol. The zero-order chi connectivity index (χ0) is 19.7. The molecule has 0 N–H and O–H groups in total. The van der Waals surface area contributed by atoms with Gasteiger partial charge in [0, 0.05) is 0 Å². The maximum absolute atomic E-state index is 2.24. The average Bonchev–Trinajstić information content (AvgIpc) is 2.68. The lowest BCUT2D eigenvalue weighted by atomic mass is 10.2. The Labute approximate surface area is 169 Å². The first-order valence-electron chi connectivity index (χ1n) is 10.6. The lowest BCUT2D eigenvalue weighted by Gasteiger charge is -1.86. The molecule has 148 valence electrons. The third kappa shape index (κ3) is 23.9. The fraction of sp³-hybridized carbons (Fsp3) is 0.407. The highest BCUT2D eigenvalue weighted by atomic mass is 13.8. The van der Waals surface area contributed by atoms with Gasteiger partial charge in [0.25, 0.3) is 0 Å². The van der Waals surface area contributed by atoms with Crippen LogP contribution in [0.15, 0.2) is 97.2 Å². The van der Waals surface area contributed by atoms with Crippen molar-refractivity contribution in [3.63, 3.8) is 0 Å². The van der Waals surface area contributed by atoms with Crippen molar-refractivity contribution in [3.05, 3.63) is 97.2 Å². The maximum atomic E-state index is 2.24. The Bertz CT molecular complexity index is 470. The van der Waals surface area contributed by atoms with Gasteiger partial charge in [0.1, 0.15) is 0 Å². The van der Waals surface area contributed by atoms with Gasteiger partial charge in [0.05, 0.1) is 0 Å². The monoisotopic (exact) mass is 364 g/mol. The van der Waals surface area contributed by atoms with Crippen molar-refractivity contribution in [3.8, 4) is 0 Å². The summed E-state index contributed by atoms with van der Waals surface area (Å²) in [6, 6.07) is 0. The van der Waals surface area contributed by atoms with Crippen molar-refractivity contribution in [2.24, 2.45) is 0 Å². The van der Waals surface area contributed by atoms with E-state index in [-0.39, 0.29) is 0 Å². The first-order valence-corrected chi connectivity index (χ1v) is 10.6. The summed E-state index contributed by atoms with van der Waals surface area (Å²) in [7, 11) is 0. The molecule has 0 amide bonds. The van der Waals surface area contributed by atoms with Crippen LogP contribution in [0.2, 0.25) is 0 Å². The lowest BCUT2D eigenvalue weighted by molar-refractivity contribution is 1.19. The molecule has 0 heterocycles. The molecule has 0 aliphatic carbocycles. The normalized spacial score (nSPS) is 13.7. The molecule has 0 radical (unpaired) electrons. The Morgan fingerprint density at radius 1 is 0.259 bits per heavy atom. The van der Waals surface area contributed by atoms with E-state index in [4.69, 9.17) is 0 Å². The number of hydrogen-bond acceptors (Lipinski definition) is 0. The minimum atomic E-state index is 1.02. The van der Waals surface area contributed by atoms with E-state index in [1.165, 1.54) is 0 Å². The van der Waals surface area contributed by atoms with E-state index < -0.39 is 0 Å². The molecule has 27 heavy (non-hydrogen) atoms. The summed E-state index contributed by atoms with van der Waals surface area (Å²) in [5.41, 5.74) is 0. The van der Waals surface area contributed by atoms with Crippen LogP contribution < -0.4 is 0 Å². The van der Waals surface area contributed by atoms with E-state index in [1.807, 2.05) is 0 Å². The molecule has 0 atom stereocenters. The van der Waals surface area contributed by atoms with E-state index in [2.05, 4.69) is 111 Å². The van der Waals surface area contributed by atoms with Crippen LogP contribution in [0.5, 0.6) is 0 Å². The predicted molar refractivity (Wildman–Crippen MR) is 126 cm³/mol. The summed E-state index contributed by atoms with van der Waals surface area (Å²) in [6.45, 7) is 4.33. The molecule has 0 aromatic rings. The van der Waals surface area contributed by atoms with Crippen molar-refractivity contribution in [1.82, 2.24) is 0 Å². The van der Waals surface area contributed by atoms with E-state index >= 15 is 0 Å². The third-order valence-electron chi connectivity index (χ3n) is 3.71. The second-order valence-electron chi connectivity index (χ2n) is 6.24. The fourth-order valence-electron chi connectivity index (χ4n) is 2.23. The second kappa shape index (κ2) is 23.9. The van der Waals surface area contributed by atoms with Gasteiger partial charge in [-0.3, -0.25) is 0 Å². The van der Waals surface area contributed by atoms with Crippen LogP contribution in [0.1, 0.15) is 71.6 Å². The predicted octanol–water partition coefficient (Wildman–Crippen LogP) is 8.99. The molecule has 0 unspecified atom stereocenters. The van der Waals surface area contributed by atoms with Gasteiger partial charge in [-0.2, -0.15) is 0 Å². The quantitative estimate of drug-likeness (QED) is 0.240. The van der Waals surface area contributed by atoms with Gasteiger partial charge in [-0.25, -0.2) is 0 Å². The summed E-state index contributed by atoms with van der Waals surface area (Å²) < 4.78 is 0. The van der Waals surface area contributed by atoms with Crippen molar-refractivity contribution >= 4 is 0 Å². The first-order chi connectivity index (χ1) is 13.4. The molecule has 0 bridgehead atoms. The standard InChI is InChI=1S/C27H40/c1-3-5-7-9-11-13-15-17-19-21-23-25-27-26-24-22-20-18-16-14-12-10-8-6-4-2/h5-8,11-14,17-20,23-26H,3-4,9-10,15-16,21-22,27H2,1-2H3. The Morgan fingerprint density at radius 3 is 0.556 bits per heavy atom. The highest BCUT2D eigenvalue weighted by Gasteiger charge is 1.76. The van der Waals surface area contributed by atoms with Crippen LogP contribution >= 0.6 is 0 Å². The lowest BCUT2D eigenvalue weighted by Crippen LogP contribution is -1.65. The topological polar surface area (TPSA) is 0 Å².